The Bertz CT molecular complexity index is 152. The minimum Gasteiger partial charge on any atom is -0.378 e. The van der Waals surface area contributed by atoms with E-state index in [4.69, 9.17) is 9.47 Å². The van der Waals surface area contributed by atoms with Gasteiger partial charge in [-0.1, -0.05) is 0 Å². The Morgan fingerprint density at radius 1 is 1.00 bits per heavy atom. The van der Waals surface area contributed by atoms with Gasteiger partial charge in [0.05, 0.1) is 12.2 Å². The molecule has 2 aliphatic heterocycles. The molecule has 2 rings (SSSR count). The van der Waals surface area contributed by atoms with Crippen molar-refractivity contribution in [2.24, 2.45) is 5.92 Å². The van der Waals surface area contributed by atoms with Gasteiger partial charge in [0.1, 0.15) is 0 Å². The summed E-state index contributed by atoms with van der Waals surface area (Å²) in [5.74, 6) is 0.768. The molecule has 0 saturated carbocycles. The van der Waals surface area contributed by atoms with E-state index in [1.807, 2.05) is 0 Å². The van der Waals surface area contributed by atoms with Crippen molar-refractivity contribution in [2.75, 3.05) is 13.2 Å². The van der Waals surface area contributed by atoms with E-state index in [-0.39, 0.29) is 0 Å². The number of ether oxygens (including phenoxy) is 2. The highest BCUT2D eigenvalue weighted by Crippen LogP contribution is 2.29. The fourth-order valence-corrected chi connectivity index (χ4v) is 2.51. The average molecular weight is 184 g/mol. The normalized spacial score (nSPS) is 41.8. The van der Waals surface area contributed by atoms with E-state index in [2.05, 4.69) is 6.92 Å². The summed E-state index contributed by atoms with van der Waals surface area (Å²) in [6.45, 7) is 4.09. The number of hydrogen-bond donors (Lipinski definition) is 0. The van der Waals surface area contributed by atoms with E-state index in [9.17, 15) is 0 Å². The average Bonchev–Trinajstić information content (AvgIpc) is 2.19. The number of rotatable bonds is 1. The van der Waals surface area contributed by atoms with Gasteiger partial charge in [-0.25, -0.2) is 0 Å². The molecule has 2 heteroatoms. The molecule has 0 N–H and O–H groups in total. The molecule has 13 heavy (non-hydrogen) atoms. The molecule has 0 aromatic rings. The van der Waals surface area contributed by atoms with Crippen LogP contribution < -0.4 is 0 Å². The van der Waals surface area contributed by atoms with E-state index in [1.165, 1.54) is 32.1 Å². The maximum Gasteiger partial charge on any atom is 0.0605 e. The summed E-state index contributed by atoms with van der Waals surface area (Å²) in [4.78, 5) is 0. The highest BCUT2D eigenvalue weighted by molar-refractivity contribution is 4.78. The largest absolute Gasteiger partial charge is 0.378 e. The van der Waals surface area contributed by atoms with Crippen molar-refractivity contribution in [3.8, 4) is 0 Å². The number of hydrogen-bond acceptors (Lipinski definition) is 2. The van der Waals surface area contributed by atoms with E-state index in [1.54, 1.807) is 0 Å². The summed E-state index contributed by atoms with van der Waals surface area (Å²) < 4.78 is 11.4. The van der Waals surface area contributed by atoms with Crippen molar-refractivity contribution < 1.29 is 9.47 Å². The lowest BCUT2D eigenvalue weighted by Crippen LogP contribution is -2.34. The van der Waals surface area contributed by atoms with Crippen molar-refractivity contribution in [3.63, 3.8) is 0 Å². The monoisotopic (exact) mass is 184 g/mol. The van der Waals surface area contributed by atoms with Crippen LogP contribution in [0.2, 0.25) is 0 Å². The van der Waals surface area contributed by atoms with Gasteiger partial charge in [0, 0.05) is 13.2 Å². The van der Waals surface area contributed by atoms with E-state index >= 15 is 0 Å². The minimum absolute atomic E-state index is 0.448. The van der Waals surface area contributed by atoms with Crippen LogP contribution in [0.25, 0.3) is 0 Å². The molecule has 0 radical (unpaired) electrons. The third kappa shape index (κ3) is 2.44. The second-order valence-electron chi connectivity index (χ2n) is 4.37. The van der Waals surface area contributed by atoms with Crippen LogP contribution in [0.4, 0.5) is 0 Å². The Labute approximate surface area is 80.6 Å². The second-order valence-corrected chi connectivity index (χ2v) is 4.37. The van der Waals surface area contributed by atoms with E-state index in [0.717, 1.165) is 19.1 Å². The molecule has 2 fully saturated rings. The van der Waals surface area contributed by atoms with Crippen LogP contribution in [-0.4, -0.2) is 25.4 Å². The van der Waals surface area contributed by atoms with Crippen LogP contribution in [0.15, 0.2) is 0 Å². The molecule has 76 valence electrons. The molecule has 0 aliphatic carbocycles. The van der Waals surface area contributed by atoms with Crippen molar-refractivity contribution in [1.82, 2.24) is 0 Å². The van der Waals surface area contributed by atoms with Gasteiger partial charge >= 0.3 is 0 Å². The molecular weight excluding hydrogens is 164 g/mol. The fraction of sp³-hybridized carbons (Fsp3) is 1.00. The van der Waals surface area contributed by atoms with Gasteiger partial charge in [0.2, 0.25) is 0 Å². The molecule has 2 nitrogen and oxygen atoms in total. The van der Waals surface area contributed by atoms with Gasteiger partial charge in [0.15, 0.2) is 0 Å². The summed E-state index contributed by atoms with van der Waals surface area (Å²) in [7, 11) is 0. The second kappa shape index (κ2) is 4.43. The first-order valence-corrected chi connectivity index (χ1v) is 5.59. The molecule has 3 atom stereocenters. The molecule has 3 unspecified atom stereocenters. The van der Waals surface area contributed by atoms with Crippen LogP contribution in [0.1, 0.15) is 39.0 Å². The molecule has 2 aliphatic rings. The standard InChI is InChI=1S/C11H20O2/c1-9-8-10(5-7-12-9)11-4-2-3-6-13-11/h9-11H,2-8H2,1H3. The first kappa shape index (κ1) is 9.47. The lowest BCUT2D eigenvalue weighted by Gasteiger charge is -2.35. The molecule has 2 saturated heterocycles. The predicted molar refractivity (Wildman–Crippen MR) is 51.7 cm³/mol. The quantitative estimate of drug-likeness (QED) is 0.623. The third-order valence-corrected chi connectivity index (χ3v) is 3.27. The Balaban J connectivity index is 1.83. The van der Waals surface area contributed by atoms with Gasteiger partial charge in [-0.15, -0.1) is 0 Å². The SMILES string of the molecule is CC1CC(C2CCCCO2)CCO1. The van der Waals surface area contributed by atoms with Crippen molar-refractivity contribution in [2.45, 2.75) is 51.2 Å². The highest BCUT2D eigenvalue weighted by Gasteiger charge is 2.28. The van der Waals surface area contributed by atoms with E-state index in [0.29, 0.717) is 12.2 Å². The van der Waals surface area contributed by atoms with Crippen LogP contribution in [0, 0.1) is 5.92 Å². The maximum atomic E-state index is 5.81. The van der Waals surface area contributed by atoms with Gasteiger partial charge < -0.3 is 9.47 Å². The molecule has 0 spiro atoms. The van der Waals surface area contributed by atoms with Crippen LogP contribution in [0.3, 0.4) is 0 Å². The van der Waals surface area contributed by atoms with Crippen LogP contribution >= 0.6 is 0 Å². The van der Waals surface area contributed by atoms with Gasteiger partial charge in [0.25, 0.3) is 0 Å². The summed E-state index contributed by atoms with van der Waals surface area (Å²) >= 11 is 0. The van der Waals surface area contributed by atoms with Gasteiger partial charge in [-0.2, -0.15) is 0 Å². The minimum atomic E-state index is 0.448. The first-order valence-electron chi connectivity index (χ1n) is 5.59. The Hall–Kier alpha value is -0.0800. The van der Waals surface area contributed by atoms with Crippen molar-refractivity contribution in [1.29, 1.82) is 0 Å². The Morgan fingerprint density at radius 2 is 1.92 bits per heavy atom. The topological polar surface area (TPSA) is 18.5 Å². The zero-order valence-electron chi connectivity index (χ0n) is 8.50. The van der Waals surface area contributed by atoms with Crippen LogP contribution in [-0.2, 0) is 9.47 Å². The maximum absolute atomic E-state index is 5.81. The Kier molecular flexibility index (Phi) is 3.23. The third-order valence-electron chi connectivity index (χ3n) is 3.27. The molecule has 0 amide bonds. The predicted octanol–water partition coefficient (Wildman–Crippen LogP) is 2.37. The first-order chi connectivity index (χ1) is 6.36. The Morgan fingerprint density at radius 3 is 2.62 bits per heavy atom. The smallest absolute Gasteiger partial charge is 0.0605 e. The summed E-state index contributed by atoms with van der Waals surface area (Å²) in [6.07, 6.45) is 7.28. The molecule has 2 heterocycles. The summed E-state index contributed by atoms with van der Waals surface area (Å²) in [5, 5.41) is 0. The molecule has 0 aromatic heterocycles. The zero-order valence-corrected chi connectivity index (χ0v) is 8.50. The van der Waals surface area contributed by atoms with Gasteiger partial charge in [-0.3, -0.25) is 0 Å². The van der Waals surface area contributed by atoms with Crippen molar-refractivity contribution >= 4 is 0 Å². The van der Waals surface area contributed by atoms with Gasteiger partial charge in [-0.05, 0) is 44.9 Å². The lowest BCUT2D eigenvalue weighted by atomic mass is 9.87. The molecular formula is C11H20O2. The highest BCUT2D eigenvalue weighted by atomic mass is 16.5. The molecule has 0 bridgehead atoms. The fourth-order valence-electron chi connectivity index (χ4n) is 2.51. The summed E-state index contributed by atoms with van der Waals surface area (Å²) in [6, 6.07) is 0. The van der Waals surface area contributed by atoms with Crippen LogP contribution in [0.5, 0.6) is 0 Å². The zero-order chi connectivity index (χ0) is 9.10. The lowest BCUT2D eigenvalue weighted by molar-refractivity contribution is -0.0762. The van der Waals surface area contributed by atoms with E-state index < -0.39 is 0 Å². The van der Waals surface area contributed by atoms with Crippen molar-refractivity contribution in [3.05, 3.63) is 0 Å². The summed E-state index contributed by atoms with van der Waals surface area (Å²) in [5.41, 5.74) is 0. The molecule has 0 aromatic carbocycles.